The van der Waals surface area contributed by atoms with Crippen LogP contribution in [0.25, 0.3) is 0 Å². The molecule has 5 nitrogen and oxygen atoms in total. The first-order valence-corrected chi connectivity index (χ1v) is 7.42. The predicted octanol–water partition coefficient (Wildman–Crippen LogP) is 3.11. The highest BCUT2D eigenvalue weighted by Gasteiger charge is 2.24. The van der Waals surface area contributed by atoms with Crippen LogP contribution in [0.1, 0.15) is 21.3 Å². The minimum Gasteiger partial charge on any atom is -0.479 e. The first-order chi connectivity index (χ1) is 9.49. The van der Waals surface area contributed by atoms with E-state index in [2.05, 4.69) is 26.2 Å². The lowest BCUT2D eigenvalue weighted by atomic mass is 10.2. The molecule has 2 rings (SSSR count). The summed E-state index contributed by atoms with van der Waals surface area (Å²) in [5.41, 5.74) is 0.115. The molecule has 0 aliphatic carbocycles. The molecule has 0 bridgehead atoms. The zero-order valence-electron chi connectivity index (χ0n) is 9.84. The SMILES string of the molecule is O=C(NC(C(=O)O)c1cccs1)c1cc(Br)cnc1Cl. The number of hydrogen-bond acceptors (Lipinski definition) is 4. The van der Waals surface area contributed by atoms with Crippen LogP contribution in [0.3, 0.4) is 0 Å². The number of aromatic nitrogens is 1. The Bertz CT molecular complexity index is 648. The highest BCUT2D eigenvalue weighted by Crippen LogP contribution is 2.22. The Morgan fingerprint density at radius 2 is 2.25 bits per heavy atom. The van der Waals surface area contributed by atoms with E-state index in [1.54, 1.807) is 17.5 Å². The van der Waals surface area contributed by atoms with Gasteiger partial charge in [0.25, 0.3) is 5.91 Å². The van der Waals surface area contributed by atoms with Crippen molar-refractivity contribution in [1.82, 2.24) is 10.3 Å². The van der Waals surface area contributed by atoms with Gasteiger partial charge in [0, 0.05) is 15.5 Å². The van der Waals surface area contributed by atoms with Gasteiger partial charge in [-0.25, -0.2) is 9.78 Å². The van der Waals surface area contributed by atoms with E-state index >= 15 is 0 Å². The zero-order chi connectivity index (χ0) is 14.7. The van der Waals surface area contributed by atoms with Gasteiger partial charge < -0.3 is 10.4 Å². The van der Waals surface area contributed by atoms with E-state index in [0.29, 0.717) is 9.35 Å². The number of carboxylic acid groups (broad SMARTS) is 1. The summed E-state index contributed by atoms with van der Waals surface area (Å²) < 4.78 is 0.579. The number of thiophene rings is 1. The number of rotatable bonds is 4. The number of pyridine rings is 1. The van der Waals surface area contributed by atoms with Gasteiger partial charge >= 0.3 is 5.97 Å². The summed E-state index contributed by atoms with van der Waals surface area (Å²) >= 11 is 10.3. The van der Waals surface area contributed by atoms with Crippen molar-refractivity contribution < 1.29 is 14.7 Å². The van der Waals surface area contributed by atoms with E-state index in [4.69, 9.17) is 11.6 Å². The molecule has 104 valence electrons. The summed E-state index contributed by atoms with van der Waals surface area (Å²) in [5.74, 6) is -1.73. The van der Waals surface area contributed by atoms with Crippen LogP contribution in [0, 0.1) is 0 Å². The summed E-state index contributed by atoms with van der Waals surface area (Å²) in [6.07, 6.45) is 1.45. The van der Waals surface area contributed by atoms with Crippen molar-refractivity contribution >= 4 is 50.7 Å². The highest BCUT2D eigenvalue weighted by molar-refractivity contribution is 9.10. The van der Waals surface area contributed by atoms with Crippen LogP contribution in [-0.4, -0.2) is 22.0 Å². The molecular weight excluding hydrogens is 368 g/mol. The smallest absolute Gasteiger partial charge is 0.331 e. The van der Waals surface area contributed by atoms with Gasteiger partial charge in [-0.2, -0.15) is 0 Å². The fourth-order valence-electron chi connectivity index (χ4n) is 1.50. The number of carbonyl (C=O) groups is 2. The summed E-state index contributed by atoms with van der Waals surface area (Å²) in [6.45, 7) is 0. The number of amides is 1. The van der Waals surface area contributed by atoms with Gasteiger partial charge in [-0.3, -0.25) is 4.79 Å². The fourth-order valence-corrected chi connectivity index (χ4v) is 2.79. The number of nitrogens with zero attached hydrogens (tertiary/aromatic N) is 1. The van der Waals surface area contributed by atoms with Crippen molar-refractivity contribution in [2.75, 3.05) is 0 Å². The number of nitrogens with one attached hydrogen (secondary N) is 1. The van der Waals surface area contributed by atoms with Crippen molar-refractivity contribution in [3.8, 4) is 0 Å². The van der Waals surface area contributed by atoms with E-state index in [1.807, 2.05) is 0 Å². The quantitative estimate of drug-likeness (QED) is 0.805. The molecule has 2 N–H and O–H groups in total. The Morgan fingerprint density at radius 3 is 2.85 bits per heavy atom. The van der Waals surface area contributed by atoms with Crippen LogP contribution in [0.2, 0.25) is 5.15 Å². The molecule has 1 unspecified atom stereocenters. The van der Waals surface area contributed by atoms with Crippen molar-refractivity contribution in [1.29, 1.82) is 0 Å². The molecule has 0 radical (unpaired) electrons. The summed E-state index contributed by atoms with van der Waals surface area (Å²) in [5, 5.41) is 13.4. The molecule has 0 aliphatic rings. The summed E-state index contributed by atoms with van der Waals surface area (Å²) in [7, 11) is 0. The van der Waals surface area contributed by atoms with Crippen LogP contribution in [0.5, 0.6) is 0 Å². The molecule has 0 spiro atoms. The number of hydrogen-bond donors (Lipinski definition) is 2. The summed E-state index contributed by atoms with van der Waals surface area (Å²) in [6, 6.07) is 3.73. The van der Waals surface area contributed by atoms with Gasteiger partial charge in [-0.15, -0.1) is 11.3 Å². The molecule has 1 amide bonds. The third-order valence-corrected chi connectivity index (χ3v) is 4.07. The number of aliphatic carboxylic acids is 1. The van der Waals surface area contributed by atoms with Crippen LogP contribution in [-0.2, 0) is 4.79 Å². The molecule has 1 atom stereocenters. The molecule has 20 heavy (non-hydrogen) atoms. The van der Waals surface area contributed by atoms with Gasteiger partial charge in [0.15, 0.2) is 6.04 Å². The monoisotopic (exact) mass is 374 g/mol. The molecule has 0 saturated heterocycles. The normalized spacial score (nSPS) is 11.9. The third-order valence-electron chi connectivity index (χ3n) is 2.40. The molecule has 0 aromatic carbocycles. The van der Waals surface area contributed by atoms with Crippen LogP contribution in [0.15, 0.2) is 34.2 Å². The van der Waals surface area contributed by atoms with Crippen molar-refractivity contribution in [2.45, 2.75) is 6.04 Å². The minimum atomic E-state index is -1.14. The van der Waals surface area contributed by atoms with Crippen LogP contribution >= 0.6 is 38.9 Å². The second-order valence-corrected chi connectivity index (χ2v) is 6.00. The van der Waals surface area contributed by atoms with Crippen LogP contribution < -0.4 is 5.32 Å². The lowest BCUT2D eigenvalue weighted by molar-refractivity contribution is -0.139. The van der Waals surface area contributed by atoms with Crippen LogP contribution in [0.4, 0.5) is 0 Å². The van der Waals surface area contributed by atoms with Gasteiger partial charge in [0.1, 0.15) is 5.15 Å². The van der Waals surface area contributed by atoms with E-state index in [9.17, 15) is 14.7 Å². The number of halogens is 2. The topological polar surface area (TPSA) is 79.3 Å². The van der Waals surface area contributed by atoms with Gasteiger partial charge in [0.2, 0.25) is 0 Å². The Balaban J connectivity index is 2.25. The lowest BCUT2D eigenvalue weighted by Crippen LogP contribution is -2.33. The molecule has 0 aliphatic heterocycles. The first kappa shape index (κ1) is 15.0. The molecule has 2 heterocycles. The lowest BCUT2D eigenvalue weighted by Gasteiger charge is -2.13. The largest absolute Gasteiger partial charge is 0.479 e. The maximum Gasteiger partial charge on any atom is 0.331 e. The standard InChI is InChI=1S/C12H8BrClN2O3S/c13-6-4-7(10(14)15-5-6)11(17)16-9(12(18)19)8-2-1-3-20-8/h1-5,9H,(H,16,17)(H,18,19). The van der Waals surface area contributed by atoms with E-state index in [-0.39, 0.29) is 10.7 Å². The van der Waals surface area contributed by atoms with Crippen molar-refractivity contribution in [3.63, 3.8) is 0 Å². The second-order valence-electron chi connectivity index (χ2n) is 3.75. The fraction of sp³-hybridized carbons (Fsp3) is 0.0833. The Labute approximate surface area is 131 Å². The molecule has 8 heteroatoms. The second kappa shape index (κ2) is 6.34. The zero-order valence-corrected chi connectivity index (χ0v) is 13.0. The average molecular weight is 376 g/mol. The Hall–Kier alpha value is -1.44. The van der Waals surface area contributed by atoms with Crippen molar-refractivity contribution in [2.24, 2.45) is 0 Å². The number of carboxylic acids is 1. The minimum absolute atomic E-state index is 0.0148. The maximum atomic E-state index is 12.1. The molecule has 2 aromatic heterocycles. The maximum absolute atomic E-state index is 12.1. The Kier molecular flexibility index (Phi) is 4.74. The van der Waals surface area contributed by atoms with E-state index < -0.39 is 17.9 Å². The van der Waals surface area contributed by atoms with Gasteiger partial charge in [-0.1, -0.05) is 17.7 Å². The highest BCUT2D eigenvalue weighted by atomic mass is 79.9. The van der Waals surface area contributed by atoms with Gasteiger partial charge in [0.05, 0.1) is 5.56 Å². The molecule has 0 saturated carbocycles. The first-order valence-electron chi connectivity index (χ1n) is 5.37. The number of carbonyl (C=O) groups excluding carboxylic acids is 1. The van der Waals surface area contributed by atoms with E-state index in [1.165, 1.54) is 23.6 Å². The predicted molar refractivity (Wildman–Crippen MR) is 79.1 cm³/mol. The molecule has 2 aromatic rings. The van der Waals surface area contributed by atoms with Gasteiger partial charge in [-0.05, 0) is 33.4 Å². The van der Waals surface area contributed by atoms with Crippen molar-refractivity contribution in [3.05, 3.63) is 49.8 Å². The average Bonchev–Trinajstić information content (AvgIpc) is 2.91. The summed E-state index contributed by atoms with van der Waals surface area (Å²) in [4.78, 5) is 27.7. The molecular formula is C12H8BrClN2O3S. The Morgan fingerprint density at radius 1 is 1.50 bits per heavy atom. The van der Waals surface area contributed by atoms with E-state index in [0.717, 1.165) is 0 Å². The molecule has 0 fully saturated rings. The third kappa shape index (κ3) is 3.36.